The van der Waals surface area contributed by atoms with Crippen molar-refractivity contribution in [3.8, 4) is 5.75 Å². The van der Waals surface area contributed by atoms with Crippen molar-refractivity contribution < 1.29 is 19.1 Å². The fraction of sp³-hybridized carbons (Fsp3) is 0.579. The highest BCUT2D eigenvalue weighted by molar-refractivity contribution is 5.84. The quantitative estimate of drug-likeness (QED) is 0.639. The number of nitrogens with zero attached hydrogens (tertiary/aromatic N) is 1. The summed E-state index contributed by atoms with van der Waals surface area (Å²) >= 11 is 0. The van der Waals surface area contributed by atoms with Crippen LogP contribution in [0, 0.1) is 5.92 Å². The van der Waals surface area contributed by atoms with E-state index >= 15 is 0 Å². The standard InChI is InChI=1S/C19H29N3O4/c1-22-17(23)9-8-16(19(24)21-11-10-20-12-13-25-2)18(22)14-4-6-15(26-3)7-5-14/h4-7,16,18,20H,8-13H2,1-3H3,(H,21,24). The minimum Gasteiger partial charge on any atom is -0.497 e. The Labute approximate surface area is 155 Å². The summed E-state index contributed by atoms with van der Waals surface area (Å²) < 4.78 is 10.2. The fourth-order valence-corrected chi connectivity index (χ4v) is 3.27. The number of hydrogen-bond acceptors (Lipinski definition) is 5. The highest BCUT2D eigenvalue weighted by Gasteiger charge is 2.38. The number of rotatable bonds is 9. The molecule has 1 aliphatic heterocycles. The molecule has 1 heterocycles. The number of hydrogen-bond donors (Lipinski definition) is 2. The number of carbonyl (C=O) groups is 2. The molecule has 0 aliphatic carbocycles. The molecule has 2 N–H and O–H groups in total. The lowest BCUT2D eigenvalue weighted by molar-refractivity contribution is -0.141. The Bertz CT molecular complexity index is 591. The molecule has 7 heteroatoms. The van der Waals surface area contributed by atoms with Crippen LogP contribution in [0.3, 0.4) is 0 Å². The lowest BCUT2D eigenvalue weighted by Gasteiger charge is -2.38. The molecular weight excluding hydrogens is 334 g/mol. The normalized spacial score (nSPS) is 20.1. The third kappa shape index (κ3) is 5.19. The van der Waals surface area contributed by atoms with Crippen molar-refractivity contribution in [2.45, 2.75) is 18.9 Å². The highest BCUT2D eigenvalue weighted by Crippen LogP contribution is 2.36. The SMILES string of the molecule is COCCNCCNC(=O)C1CCC(=O)N(C)C1c1ccc(OC)cc1. The zero-order chi connectivity index (χ0) is 18.9. The molecule has 2 rings (SSSR count). The average Bonchev–Trinajstić information content (AvgIpc) is 2.66. The lowest BCUT2D eigenvalue weighted by Crippen LogP contribution is -2.47. The Morgan fingerprint density at radius 1 is 1.19 bits per heavy atom. The molecule has 0 aromatic heterocycles. The van der Waals surface area contributed by atoms with Gasteiger partial charge in [0.25, 0.3) is 0 Å². The molecule has 0 radical (unpaired) electrons. The smallest absolute Gasteiger partial charge is 0.225 e. The molecule has 144 valence electrons. The molecule has 2 amide bonds. The molecule has 1 aromatic carbocycles. The van der Waals surface area contributed by atoms with Gasteiger partial charge in [-0.3, -0.25) is 9.59 Å². The fourth-order valence-electron chi connectivity index (χ4n) is 3.27. The van der Waals surface area contributed by atoms with Crippen LogP contribution in [0.25, 0.3) is 0 Å². The van der Waals surface area contributed by atoms with Gasteiger partial charge in [-0.1, -0.05) is 12.1 Å². The van der Waals surface area contributed by atoms with E-state index in [4.69, 9.17) is 9.47 Å². The van der Waals surface area contributed by atoms with Crippen molar-refractivity contribution in [3.63, 3.8) is 0 Å². The van der Waals surface area contributed by atoms with Crippen molar-refractivity contribution in [2.75, 3.05) is 47.5 Å². The van der Waals surface area contributed by atoms with E-state index < -0.39 is 0 Å². The molecule has 2 atom stereocenters. The van der Waals surface area contributed by atoms with Crippen LogP contribution in [0.1, 0.15) is 24.4 Å². The summed E-state index contributed by atoms with van der Waals surface area (Å²) in [6.07, 6.45) is 0.955. The van der Waals surface area contributed by atoms with E-state index in [9.17, 15) is 9.59 Å². The van der Waals surface area contributed by atoms with E-state index in [0.29, 0.717) is 32.5 Å². The predicted octanol–water partition coefficient (Wildman–Crippen LogP) is 0.957. The third-order valence-corrected chi connectivity index (χ3v) is 4.74. The first-order valence-corrected chi connectivity index (χ1v) is 8.95. The second-order valence-electron chi connectivity index (χ2n) is 6.40. The van der Waals surface area contributed by atoms with Crippen molar-refractivity contribution in [3.05, 3.63) is 29.8 Å². The van der Waals surface area contributed by atoms with Gasteiger partial charge in [0, 0.05) is 40.2 Å². The number of amides is 2. The largest absolute Gasteiger partial charge is 0.497 e. The van der Waals surface area contributed by atoms with Gasteiger partial charge in [0.2, 0.25) is 11.8 Å². The summed E-state index contributed by atoms with van der Waals surface area (Å²) in [5, 5.41) is 6.18. The van der Waals surface area contributed by atoms with Crippen LogP contribution in [-0.4, -0.2) is 64.2 Å². The summed E-state index contributed by atoms with van der Waals surface area (Å²) in [5.41, 5.74) is 0.944. The van der Waals surface area contributed by atoms with Crippen LogP contribution in [0.4, 0.5) is 0 Å². The number of ether oxygens (including phenoxy) is 2. The van der Waals surface area contributed by atoms with Gasteiger partial charge in [0.05, 0.1) is 25.7 Å². The molecule has 1 aromatic rings. The molecule has 1 fully saturated rings. The molecule has 1 saturated heterocycles. The lowest BCUT2D eigenvalue weighted by atomic mass is 9.84. The summed E-state index contributed by atoms with van der Waals surface area (Å²) in [5.74, 6) is 0.543. The first-order valence-electron chi connectivity index (χ1n) is 8.95. The molecule has 0 spiro atoms. The highest BCUT2D eigenvalue weighted by atomic mass is 16.5. The van der Waals surface area contributed by atoms with Crippen LogP contribution in [0.15, 0.2) is 24.3 Å². The molecule has 0 saturated carbocycles. The van der Waals surface area contributed by atoms with E-state index in [-0.39, 0.29) is 23.8 Å². The van der Waals surface area contributed by atoms with E-state index in [1.54, 1.807) is 26.2 Å². The van der Waals surface area contributed by atoms with Crippen molar-refractivity contribution in [1.82, 2.24) is 15.5 Å². The Hall–Kier alpha value is -2.12. The molecular formula is C19H29N3O4. The number of carbonyl (C=O) groups excluding carboxylic acids is 2. The first-order chi connectivity index (χ1) is 12.6. The zero-order valence-electron chi connectivity index (χ0n) is 15.8. The van der Waals surface area contributed by atoms with Gasteiger partial charge in [-0.05, 0) is 24.1 Å². The monoisotopic (exact) mass is 363 g/mol. The molecule has 2 unspecified atom stereocenters. The van der Waals surface area contributed by atoms with Gasteiger partial charge >= 0.3 is 0 Å². The maximum absolute atomic E-state index is 12.7. The zero-order valence-corrected chi connectivity index (χ0v) is 15.8. The van der Waals surface area contributed by atoms with E-state index in [2.05, 4.69) is 10.6 Å². The number of likely N-dealkylation sites (tertiary alicyclic amines) is 1. The van der Waals surface area contributed by atoms with Crippen LogP contribution < -0.4 is 15.4 Å². The summed E-state index contributed by atoms with van der Waals surface area (Å²) in [6, 6.07) is 7.30. The van der Waals surface area contributed by atoms with Gasteiger partial charge in [-0.2, -0.15) is 0 Å². The van der Waals surface area contributed by atoms with Crippen molar-refractivity contribution in [1.29, 1.82) is 0 Å². The Morgan fingerprint density at radius 3 is 2.58 bits per heavy atom. The first kappa shape index (κ1) is 20.2. The summed E-state index contributed by atoms with van der Waals surface area (Å²) in [4.78, 5) is 26.6. The van der Waals surface area contributed by atoms with Crippen LogP contribution >= 0.6 is 0 Å². The van der Waals surface area contributed by atoms with Gasteiger partial charge < -0.3 is 25.0 Å². The van der Waals surface area contributed by atoms with Gasteiger partial charge in [0.15, 0.2) is 0 Å². The van der Waals surface area contributed by atoms with Gasteiger partial charge in [0.1, 0.15) is 5.75 Å². The molecule has 0 bridgehead atoms. The van der Waals surface area contributed by atoms with Crippen molar-refractivity contribution >= 4 is 11.8 Å². The summed E-state index contributed by atoms with van der Waals surface area (Å²) in [6.45, 7) is 2.63. The van der Waals surface area contributed by atoms with Gasteiger partial charge in [-0.25, -0.2) is 0 Å². The summed E-state index contributed by atoms with van der Waals surface area (Å²) in [7, 11) is 5.04. The predicted molar refractivity (Wildman–Crippen MR) is 99.0 cm³/mol. The minimum atomic E-state index is -0.261. The van der Waals surface area contributed by atoms with Crippen LogP contribution in [-0.2, 0) is 14.3 Å². The Kier molecular flexibility index (Phi) is 7.87. The number of piperidine rings is 1. The Morgan fingerprint density at radius 2 is 1.92 bits per heavy atom. The Balaban J connectivity index is 2.01. The average molecular weight is 363 g/mol. The van der Waals surface area contributed by atoms with E-state index in [1.807, 2.05) is 24.3 Å². The minimum absolute atomic E-state index is 0.0151. The maximum Gasteiger partial charge on any atom is 0.225 e. The topological polar surface area (TPSA) is 79.9 Å². The van der Waals surface area contributed by atoms with E-state index in [1.165, 1.54) is 0 Å². The van der Waals surface area contributed by atoms with Crippen LogP contribution in [0.2, 0.25) is 0 Å². The second-order valence-corrected chi connectivity index (χ2v) is 6.40. The second kappa shape index (κ2) is 10.1. The molecule has 26 heavy (non-hydrogen) atoms. The third-order valence-electron chi connectivity index (χ3n) is 4.74. The van der Waals surface area contributed by atoms with Crippen LogP contribution in [0.5, 0.6) is 5.75 Å². The number of benzene rings is 1. The number of methoxy groups -OCH3 is 2. The van der Waals surface area contributed by atoms with Gasteiger partial charge in [-0.15, -0.1) is 0 Å². The number of nitrogens with one attached hydrogen (secondary N) is 2. The molecule has 1 aliphatic rings. The maximum atomic E-state index is 12.7. The molecule has 7 nitrogen and oxygen atoms in total. The van der Waals surface area contributed by atoms with Crippen molar-refractivity contribution in [2.24, 2.45) is 5.92 Å². The van der Waals surface area contributed by atoms with E-state index in [0.717, 1.165) is 17.9 Å².